The maximum absolute atomic E-state index is 6.30. The molecule has 1 fully saturated rings. The largest absolute Gasteiger partial charge is 0.493 e. The first-order chi connectivity index (χ1) is 16.2. The molecule has 170 valence electrons. The van der Waals surface area contributed by atoms with Crippen molar-refractivity contribution < 1.29 is 9.47 Å². The lowest BCUT2D eigenvalue weighted by Crippen LogP contribution is -2.29. The quantitative estimate of drug-likeness (QED) is 0.318. The summed E-state index contributed by atoms with van der Waals surface area (Å²) in [7, 11) is 1.66. The average Bonchev–Trinajstić information content (AvgIpc) is 2.87. The maximum Gasteiger partial charge on any atom is 0.163 e. The van der Waals surface area contributed by atoms with Gasteiger partial charge in [0.05, 0.1) is 24.9 Å². The molecule has 5 rings (SSSR count). The molecule has 7 heteroatoms. The summed E-state index contributed by atoms with van der Waals surface area (Å²) in [6, 6.07) is 9.83. The predicted molar refractivity (Wildman–Crippen MR) is 132 cm³/mol. The number of rotatable bonds is 7. The van der Waals surface area contributed by atoms with Crippen molar-refractivity contribution in [3.63, 3.8) is 0 Å². The minimum atomic E-state index is 0.442. The Kier molecular flexibility index (Phi) is 6.21. The van der Waals surface area contributed by atoms with E-state index in [0.717, 1.165) is 58.4 Å². The van der Waals surface area contributed by atoms with Crippen LogP contribution in [0.5, 0.6) is 11.5 Å². The molecule has 0 aliphatic carbocycles. The third-order valence-corrected chi connectivity index (χ3v) is 6.36. The smallest absolute Gasteiger partial charge is 0.163 e. The lowest BCUT2D eigenvalue weighted by Gasteiger charge is -2.22. The summed E-state index contributed by atoms with van der Waals surface area (Å²) in [6.45, 7) is 2.93. The molecule has 7 nitrogen and oxygen atoms in total. The molecule has 4 aromatic rings. The molecule has 0 spiro atoms. The minimum absolute atomic E-state index is 0.442. The van der Waals surface area contributed by atoms with Crippen LogP contribution in [0.4, 0.5) is 5.82 Å². The van der Waals surface area contributed by atoms with Crippen molar-refractivity contribution in [2.45, 2.75) is 25.7 Å². The van der Waals surface area contributed by atoms with Crippen LogP contribution < -0.4 is 20.5 Å². The van der Waals surface area contributed by atoms with Gasteiger partial charge in [0.1, 0.15) is 5.82 Å². The molecule has 1 aromatic carbocycles. The van der Waals surface area contributed by atoms with Gasteiger partial charge < -0.3 is 20.5 Å². The second kappa shape index (κ2) is 9.58. The van der Waals surface area contributed by atoms with Crippen LogP contribution in [0.15, 0.2) is 48.9 Å². The van der Waals surface area contributed by atoms with E-state index in [9.17, 15) is 0 Å². The van der Waals surface area contributed by atoms with Crippen LogP contribution >= 0.6 is 0 Å². The SMILES string of the molecule is COc1cc2c(cc1OCCCC1CCCNC1)ncc1c(N)nc(-c3cccnc3)cc12. The number of hydrogen-bond acceptors (Lipinski definition) is 7. The van der Waals surface area contributed by atoms with E-state index in [0.29, 0.717) is 23.9 Å². The van der Waals surface area contributed by atoms with Gasteiger partial charge in [-0.15, -0.1) is 0 Å². The zero-order valence-electron chi connectivity index (χ0n) is 18.9. The van der Waals surface area contributed by atoms with Gasteiger partial charge in [-0.05, 0) is 74.3 Å². The summed E-state index contributed by atoms with van der Waals surface area (Å²) in [5.74, 6) is 2.60. The van der Waals surface area contributed by atoms with Crippen molar-refractivity contribution >= 4 is 27.5 Å². The van der Waals surface area contributed by atoms with E-state index >= 15 is 0 Å². The molecular weight excluding hydrogens is 414 g/mol. The Hall–Kier alpha value is -3.45. The molecule has 1 aliphatic rings. The summed E-state index contributed by atoms with van der Waals surface area (Å²) in [4.78, 5) is 13.4. The summed E-state index contributed by atoms with van der Waals surface area (Å²) in [5, 5.41) is 6.21. The Morgan fingerprint density at radius 2 is 2.06 bits per heavy atom. The molecule has 1 aliphatic heterocycles. The first-order valence-electron chi connectivity index (χ1n) is 11.5. The molecule has 0 saturated carbocycles. The normalized spacial score (nSPS) is 16.2. The Balaban J connectivity index is 1.44. The second-order valence-electron chi connectivity index (χ2n) is 8.58. The number of piperidine rings is 1. The molecule has 3 aromatic heterocycles. The van der Waals surface area contributed by atoms with E-state index in [1.165, 1.54) is 19.3 Å². The van der Waals surface area contributed by atoms with Crippen molar-refractivity contribution in [3.8, 4) is 22.8 Å². The Morgan fingerprint density at radius 1 is 1.12 bits per heavy atom. The van der Waals surface area contributed by atoms with Crippen LogP contribution in [-0.4, -0.2) is 41.8 Å². The first-order valence-corrected chi connectivity index (χ1v) is 11.5. The zero-order chi connectivity index (χ0) is 22.6. The van der Waals surface area contributed by atoms with Gasteiger partial charge in [-0.1, -0.05) is 0 Å². The molecule has 1 atom stereocenters. The fourth-order valence-electron chi connectivity index (χ4n) is 4.60. The van der Waals surface area contributed by atoms with Crippen LogP contribution in [0.25, 0.3) is 32.9 Å². The third kappa shape index (κ3) is 4.54. The fourth-order valence-corrected chi connectivity index (χ4v) is 4.60. The molecule has 33 heavy (non-hydrogen) atoms. The monoisotopic (exact) mass is 443 g/mol. The highest BCUT2D eigenvalue weighted by atomic mass is 16.5. The Bertz CT molecular complexity index is 1260. The number of fused-ring (bicyclic) bond motifs is 3. The summed E-state index contributed by atoms with van der Waals surface area (Å²) in [6.07, 6.45) is 10.1. The molecular formula is C26H29N5O2. The van der Waals surface area contributed by atoms with Gasteiger partial charge in [-0.3, -0.25) is 9.97 Å². The second-order valence-corrected chi connectivity index (χ2v) is 8.58. The number of ether oxygens (including phenoxy) is 2. The predicted octanol–water partition coefficient (Wildman–Crippen LogP) is 4.59. The van der Waals surface area contributed by atoms with Crippen LogP contribution in [0.1, 0.15) is 25.7 Å². The van der Waals surface area contributed by atoms with Crippen molar-refractivity contribution in [2.24, 2.45) is 5.92 Å². The van der Waals surface area contributed by atoms with Crippen molar-refractivity contribution in [2.75, 3.05) is 32.5 Å². The van der Waals surface area contributed by atoms with E-state index in [-0.39, 0.29) is 0 Å². The number of nitrogen functional groups attached to an aromatic ring is 1. The highest BCUT2D eigenvalue weighted by Crippen LogP contribution is 2.37. The molecule has 0 bridgehead atoms. The van der Waals surface area contributed by atoms with Crippen molar-refractivity contribution in [1.29, 1.82) is 0 Å². The fraction of sp³-hybridized carbons (Fsp3) is 0.346. The first kappa shape index (κ1) is 21.4. The lowest BCUT2D eigenvalue weighted by atomic mass is 9.95. The van der Waals surface area contributed by atoms with Gasteiger partial charge in [0.15, 0.2) is 11.5 Å². The lowest BCUT2D eigenvalue weighted by molar-refractivity contribution is 0.264. The van der Waals surface area contributed by atoms with E-state index in [2.05, 4.69) is 20.3 Å². The topological polar surface area (TPSA) is 95.2 Å². The number of nitrogens with two attached hydrogens (primary N) is 1. The molecule has 1 unspecified atom stereocenters. The van der Waals surface area contributed by atoms with Gasteiger partial charge >= 0.3 is 0 Å². The molecule has 0 amide bonds. The van der Waals surface area contributed by atoms with Gasteiger partial charge in [0.2, 0.25) is 0 Å². The van der Waals surface area contributed by atoms with Crippen LogP contribution in [0.3, 0.4) is 0 Å². The van der Waals surface area contributed by atoms with Gasteiger partial charge in [0.25, 0.3) is 0 Å². The van der Waals surface area contributed by atoms with E-state index in [1.54, 1.807) is 25.7 Å². The number of pyridine rings is 3. The number of hydrogen-bond donors (Lipinski definition) is 2. The maximum atomic E-state index is 6.30. The van der Waals surface area contributed by atoms with Gasteiger partial charge in [-0.2, -0.15) is 0 Å². The third-order valence-electron chi connectivity index (χ3n) is 6.36. The standard InChI is InChI=1S/C26H29N5O2/c1-32-24-12-20-19-11-22(18-7-3-9-29-15-18)31-26(27)21(19)16-30-23(20)13-25(24)33-10-4-6-17-5-2-8-28-14-17/h3,7,9,11-13,15-17,28H,2,4-6,8,10,14H2,1H3,(H2,27,31). The molecule has 1 saturated heterocycles. The Morgan fingerprint density at radius 3 is 2.85 bits per heavy atom. The molecule has 4 heterocycles. The number of anilines is 1. The highest BCUT2D eigenvalue weighted by Gasteiger charge is 2.15. The van der Waals surface area contributed by atoms with Gasteiger partial charge in [-0.25, -0.2) is 4.98 Å². The Labute approximate surface area is 193 Å². The number of nitrogens with zero attached hydrogens (tertiary/aromatic N) is 3. The van der Waals surface area contributed by atoms with E-state index in [1.807, 2.05) is 30.3 Å². The zero-order valence-corrected chi connectivity index (χ0v) is 18.9. The van der Waals surface area contributed by atoms with Crippen molar-refractivity contribution in [3.05, 3.63) is 48.9 Å². The minimum Gasteiger partial charge on any atom is -0.493 e. The van der Waals surface area contributed by atoms with Crippen molar-refractivity contribution in [1.82, 2.24) is 20.3 Å². The van der Waals surface area contributed by atoms with Crippen LogP contribution in [0.2, 0.25) is 0 Å². The van der Waals surface area contributed by atoms with E-state index in [4.69, 9.17) is 15.2 Å². The number of methoxy groups -OCH3 is 1. The van der Waals surface area contributed by atoms with Gasteiger partial charge in [0, 0.05) is 41.0 Å². The molecule has 0 radical (unpaired) electrons. The molecule has 3 N–H and O–H groups in total. The van der Waals surface area contributed by atoms with Crippen LogP contribution in [-0.2, 0) is 0 Å². The number of aromatic nitrogens is 3. The summed E-state index contributed by atoms with van der Waals surface area (Å²) < 4.78 is 11.8. The average molecular weight is 444 g/mol. The summed E-state index contributed by atoms with van der Waals surface area (Å²) >= 11 is 0. The summed E-state index contributed by atoms with van der Waals surface area (Å²) in [5.41, 5.74) is 8.82. The van der Waals surface area contributed by atoms with E-state index < -0.39 is 0 Å². The number of nitrogens with one attached hydrogen (secondary N) is 1. The highest BCUT2D eigenvalue weighted by molar-refractivity contribution is 6.10. The van der Waals surface area contributed by atoms with Crippen LogP contribution in [0, 0.1) is 5.92 Å². The number of benzene rings is 1.